The fraction of sp³-hybridized carbons (Fsp3) is 0.300. The lowest BCUT2D eigenvalue weighted by atomic mass is 9.41. The molecule has 32 heavy (non-hydrogen) atoms. The van der Waals surface area contributed by atoms with Crippen LogP contribution in [0.4, 0.5) is 0 Å². The fourth-order valence-electron chi connectivity index (χ4n) is 5.12. The SMILES string of the molecule is CC12C(=O)OC(=O)C1C1(C)C(=O)OC(=O)C21.O=c1oc(=O)c2cc3c(=O)oc(=O)c3cc12. The second kappa shape index (κ2) is 5.72. The Kier molecular flexibility index (Phi) is 3.53. The molecule has 2 saturated heterocycles. The minimum absolute atomic E-state index is 0.0181. The first-order chi connectivity index (χ1) is 14.9. The third-order valence-electron chi connectivity index (χ3n) is 6.54. The van der Waals surface area contributed by atoms with Crippen molar-refractivity contribution in [3.05, 3.63) is 53.8 Å². The molecule has 0 amide bonds. The molecule has 3 aliphatic rings. The van der Waals surface area contributed by atoms with Gasteiger partial charge in [-0.3, -0.25) is 19.2 Å². The highest BCUT2D eigenvalue weighted by Crippen LogP contribution is 2.70. The van der Waals surface area contributed by atoms with Crippen LogP contribution in [-0.4, -0.2) is 23.9 Å². The maximum atomic E-state index is 11.5. The Hall–Kier alpha value is -4.22. The van der Waals surface area contributed by atoms with Crippen LogP contribution in [0.2, 0.25) is 0 Å². The van der Waals surface area contributed by atoms with E-state index in [1.54, 1.807) is 0 Å². The minimum Gasteiger partial charge on any atom is -0.392 e. The van der Waals surface area contributed by atoms with Crippen LogP contribution in [0, 0.1) is 22.7 Å². The van der Waals surface area contributed by atoms with Gasteiger partial charge in [-0.25, -0.2) is 19.2 Å². The molecule has 2 aromatic heterocycles. The molecule has 162 valence electrons. The molecule has 0 radical (unpaired) electrons. The molecule has 1 aliphatic carbocycles. The van der Waals surface area contributed by atoms with Crippen molar-refractivity contribution in [2.75, 3.05) is 0 Å². The number of fused-ring (bicyclic) bond motifs is 6. The molecule has 12 heteroatoms. The number of cyclic esters (lactones) is 4. The Bertz CT molecular complexity index is 1420. The molecule has 0 atom stereocenters. The smallest absolute Gasteiger partial charge is 0.346 e. The molecular weight excluding hydrogens is 432 g/mol. The Labute approximate surface area is 174 Å². The van der Waals surface area contributed by atoms with Crippen LogP contribution >= 0.6 is 0 Å². The Morgan fingerprint density at radius 1 is 0.562 bits per heavy atom. The van der Waals surface area contributed by atoms with Gasteiger partial charge in [0, 0.05) is 0 Å². The van der Waals surface area contributed by atoms with Crippen LogP contribution in [0.3, 0.4) is 0 Å². The van der Waals surface area contributed by atoms with Gasteiger partial charge in [0.15, 0.2) is 0 Å². The highest BCUT2D eigenvalue weighted by atomic mass is 16.6. The lowest BCUT2D eigenvalue weighted by molar-refractivity contribution is -0.180. The Morgan fingerprint density at radius 3 is 1.12 bits per heavy atom. The van der Waals surface area contributed by atoms with Gasteiger partial charge >= 0.3 is 46.4 Å². The number of rotatable bonds is 0. The Balaban J connectivity index is 0.000000135. The van der Waals surface area contributed by atoms with Crippen molar-refractivity contribution in [3.8, 4) is 0 Å². The van der Waals surface area contributed by atoms with Gasteiger partial charge in [-0.2, -0.15) is 0 Å². The number of hydrogen-bond donors (Lipinski definition) is 0. The average molecular weight is 442 g/mol. The van der Waals surface area contributed by atoms with Crippen molar-refractivity contribution < 1.29 is 37.5 Å². The monoisotopic (exact) mass is 442 g/mol. The molecule has 4 heterocycles. The van der Waals surface area contributed by atoms with E-state index in [0.717, 1.165) is 12.1 Å². The van der Waals surface area contributed by atoms with Crippen molar-refractivity contribution in [2.45, 2.75) is 13.8 Å². The molecule has 1 saturated carbocycles. The Morgan fingerprint density at radius 2 is 0.844 bits per heavy atom. The van der Waals surface area contributed by atoms with E-state index >= 15 is 0 Å². The topological polar surface area (TPSA) is 181 Å². The number of esters is 4. The van der Waals surface area contributed by atoms with Gasteiger partial charge < -0.3 is 18.3 Å². The maximum Gasteiger partial charge on any atom is 0.346 e. The van der Waals surface area contributed by atoms with Gasteiger partial charge in [-0.05, 0) is 26.0 Å². The molecule has 3 aromatic rings. The van der Waals surface area contributed by atoms with Crippen LogP contribution in [0.5, 0.6) is 0 Å². The van der Waals surface area contributed by atoms with E-state index in [1.165, 1.54) is 13.8 Å². The van der Waals surface area contributed by atoms with Crippen molar-refractivity contribution >= 4 is 45.4 Å². The van der Waals surface area contributed by atoms with Gasteiger partial charge in [0.05, 0.1) is 44.2 Å². The number of ether oxygens (including phenoxy) is 2. The van der Waals surface area contributed by atoms with Crippen molar-refractivity contribution in [3.63, 3.8) is 0 Å². The summed E-state index contributed by atoms with van der Waals surface area (Å²) >= 11 is 0. The molecule has 1 aromatic carbocycles. The predicted molar refractivity (Wildman–Crippen MR) is 98.8 cm³/mol. The largest absolute Gasteiger partial charge is 0.392 e. The summed E-state index contributed by atoms with van der Waals surface area (Å²) in [6.07, 6.45) is 0. The standard InChI is InChI=1S/C10H8O6.C10H2O6/c1-9-3(5(11)15-7(9)13)10(2)4(9)6(12)16-8(10)14;11-7-3-1-4-6(10(14)16-8(4)12)2-5(3)9(13)15-7/h3-4H,1-2H3;1-2H. The quantitative estimate of drug-likeness (QED) is 0.303. The second-order valence-corrected chi connectivity index (χ2v) is 8.15. The van der Waals surface area contributed by atoms with Gasteiger partial charge in [-0.1, -0.05) is 0 Å². The van der Waals surface area contributed by atoms with E-state index in [2.05, 4.69) is 18.3 Å². The molecular formula is C20H10O12. The first-order valence-electron chi connectivity index (χ1n) is 9.15. The van der Waals surface area contributed by atoms with Gasteiger partial charge in [0.2, 0.25) is 0 Å². The molecule has 0 bridgehead atoms. The second-order valence-electron chi connectivity index (χ2n) is 8.15. The van der Waals surface area contributed by atoms with E-state index in [9.17, 15) is 38.4 Å². The van der Waals surface area contributed by atoms with Crippen LogP contribution in [0.1, 0.15) is 13.8 Å². The summed E-state index contributed by atoms with van der Waals surface area (Å²) < 4.78 is 17.7. The van der Waals surface area contributed by atoms with Crippen molar-refractivity contribution in [1.29, 1.82) is 0 Å². The highest BCUT2D eigenvalue weighted by molar-refractivity contribution is 6.14. The maximum absolute atomic E-state index is 11.5. The third kappa shape index (κ3) is 2.05. The van der Waals surface area contributed by atoms with Crippen molar-refractivity contribution in [1.82, 2.24) is 0 Å². The van der Waals surface area contributed by atoms with Crippen LogP contribution in [0.25, 0.3) is 21.5 Å². The van der Waals surface area contributed by atoms with Crippen LogP contribution in [0.15, 0.2) is 40.1 Å². The van der Waals surface area contributed by atoms with Crippen LogP contribution in [-0.2, 0) is 28.7 Å². The normalized spacial score (nSPS) is 30.4. The summed E-state index contributed by atoms with van der Waals surface area (Å²) in [6.45, 7) is 2.94. The number of furan rings is 2. The zero-order chi connectivity index (χ0) is 23.3. The molecule has 3 fully saturated rings. The summed E-state index contributed by atoms with van der Waals surface area (Å²) in [5.41, 5.74) is -5.75. The zero-order valence-electron chi connectivity index (χ0n) is 16.2. The van der Waals surface area contributed by atoms with Crippen LogP contribution < -0.4 is 22.5 Å². The van der Waals surface area contributed by atoms with E-state index in [1.807, 2.05) is 0 Å². The number of carbonyl (C=O) groups excluding carboxylic acids is 4. The third-order valence-corrected chi connectivity index (χ3v) is 6.54. The van der Waals surface area contributed by atoms with Crippen molar-refractivity contribution in [2.24, 2.45) is 22.7 Å². The number of hydrogen-bond acceptors (Lipinski definition) is 12. The van der Waals surface area contributed by atoms with Gasteiger partial charge in [-0.15, -0.1) is 0 Å². The molecule has 2 aliphatic heterocycles. The summed E-state index contributed by atoms with van der Waals surface area (Å²) in [5, 5.41) is -0.0726. The summed E-state index contributed by atoms with van der Waals surface area (Å²) in [5.74, 6) is -4.74. The van der Waals surface area contributed by atoms with Gasteiger partial charge in [0.25, 0.3) is 0 Å². The van der Waals surface area contributed by atoms with E-state index < -0.39 is 69.0 Å². The minimum atomic E-state index is -1.23. The molecule has 0 N–H and O–H groups in total. The molecule has 0 unspecified atom stereocenters. The lowest BCUT2D eigenvalue weighted by Gasteiger charge is -2.50. The first kappa shape index (κ1) is 19.7. The molecule has 0 spiro atoms. The zero-order valence-corrected chi connectivity index (χ0v) is 16.2. The number of benzene rings is 1. The van der Waals surface area contributed by atoms with Gasteiger partial charge in [0.1, 0.15) is 0 Å². The van der Waals surface area contributed by atoms with E-state index in [4.69, 9.17) is 0 Å². The first-order valence-corrected chi connectivity index (χ1v) is 9.15. The summed E-state index contributed by atoms with van der Waals surface area (Å²) in [7, 11) is 0. The highest BCUT2D eigenvalue weighted by Gasteiger charge is 2.85. The fourth-order valence-corrected chi connectivity index (χ4v) is 5.12. The number of carbonyl (C=O) groups is 4. The lowest BCUT2D eigenvalue weighted by Crippen LogP contribution is -2.65. The molecule has 12 nitrogen and oxygen atoms in total. The van der Waals surface area contributed by atoms with E-state index in [-0.39, 0.29) is 21.5 Å². The summed E-state index contributed by atoms with van der Waals surface area (Å²) in [4.78, 5) is 90.8. The summed E-state index contributed by atoms with van der Waals surface area (Å²) in [6, 6.07) is 2.29. The predicted octanol–water partition coefficient (Wildman–Crippen LogP) is -1.09. The molecule has 6 rings (SSSR count). The average Bonchev–Trinajstić information content (AvgIpc) is 3.28. The van der Waals surface area contributed by atoms with E-state index in [0.29, 0.717) is 0 Å².